The summed E-state index contributed by atoms with van der Waals surface area (Å²) in [5.41, 5.74) is 1.57. The van der Waals surface area contributed by atoms with Crippen molar-refractivity contribution in [2.45, 2.75) is 0 Å². The summed E-state index contributed by atoms with van der Waals surface area (Å²) < 4.78 is 15.7. The molecule has 3 aromatic rings. The quantitative estimate of drug-likeness (QED) is 0.616. The van der Waals surface area contributed by atoms with Crippen LogP contribution in [0.2, 0.25) is 5.02 Å². The lowest BCUT2D eigenvalue weighted by Crippen LogP contribution is -1.88. The first-order valence-corrected chi connectivity index (χ1v) is 8.05. The number of aromatic nitrogens is 2. The van der Waals surface area contributed by atoms with E-state index >= 15 is 0 Å². The number of benzene rings is 2. The molecule has 0 saturated carbocycles. The number of hydrogen-bond acceptors (Lipinski definition) is 5. The summed E-state index contributed by atoms with van der Waals surface area (Å²) in [6.45, 7) is 0. The van der Waals surface area contributed by atoms with Crippen LogP contribution in [0.15, 0.2) is 47.0 Å². The van der Waals surface area contributed by atoms with Crippen LogP contribution < -0.4 is 9.47 Å². The van der Waals surface area contributed by atoms with Crippen molar-refractivity contribution in [3.63, 3.8) is 0 Å². The van der Waals surface area contributed by atoms with E-state index in [2.05, 4.69) is 10.1 Å². The summed E-state index contributed by atoms with van der Waals surface area (Å²) in [7, 11) is 3.17. The van der Waals surface area contributed by atoms with Crippen LogP contribution in [0.5, 0.6) is 11.5 Å². The molecular weight excluding hydrogens is 363 g/mol. The Morgan fingerprint density at radius 2 is 1.68 bits per heavy atom. The minimum atomic E-state index is 0.216. The van der Waals surface area contributed by atoms with Crippen LogP contribution in [0.4, 0.5) is 0 Å². The highest BCUT2D eigenvalue weighted by Crippen LogP contribution is 2.28. The van der Waals surface area contributed by atoms with Crippen molar-refractivity contribution in [3.05, 3.63) is 58.9 Å². The van der Waals surface area contributed by atoms with Crippen molar-refractivity contribution < 1.29 is 14.0 Å². The second-order valence-corrected chi connectivity index (χ2v) is 5.91. The summed E-state index contributed by atoms with van der Waals surface area (Å²) in [6.07, 6.45) is 1.70. The predicted octanol–water partition coefficient (Wildman–Crippen LogP) is 5.14. The maximum Gasteiger partial charge on any atom is 0.269 e. The van der Waals surface area contributed by atoms with E-state index in [1.807, 2.05) is 24.3 Å². The van der Waals surface area contributed by atoms with Crippen LogP contribution >= 0.6 is 23.2 Å². The zero-order chi connectivity index (χ0) is 17.8. The Morgan fingerprint density at radius 1 is 1.04 bits per heavy atom. The molecule has 0 bridgehead atoms. The molecule has 1 aromatic heterocycles. The molecule has 25 heavy (non-hydrogen) atoms. The maximum absolute atomic E-state index is 6.32. The van der Waals surface area contributed by atoms with E-state index < -0.39 is 0 Å². The van der Waals surface area contributed by atoms with Gasteiger partial charge >= 0.3 is 0 Å². The van der Waals surface area contributed by atoms with Crippen LogP contribution in [0.3, 0.4) is 0 Å². The van der Waals surface area contributed by atoms with Gasteiger partial charge in [-0.1, -0.05) is 28.4 Å². The molecule has 1 heterocycles. The number of methoxy groups -OCH3 is 2. The fourth-order valence-electron chi connectivity index (χ4n) is 2.16. The molecule has 5 nitrogen and oxygen atoms in total. The second kappa shape index (κ2) is 7.59. The molecule has 0 aliphatic heterocycles. The molecule has 0 amide bonds. The highest BCUT2D eigenvalue weighted by Gasteiger charge is 2.12. The van der Waals surface area contributed by atoms with E-state index in [0.29, 0.717) is 27.4 Å². The van der Waals surface area contributed by atoms with Crippen LogP contribution in [-0.4, -0.2) is 24.4 Å². The minimum absolute atomic E-state index is 0.216. The molecule has 0 unspecified atom stereocenters. The second-order valence-electron chi connectivity index (χ2n) is 5.07. The first-order valence-electron chi connectivity index (χ1n) is 7.29. The Hall–Kier alpha value is -2.50. The lowest BCUT2D eigenvalue weighted by atomic mass is 10.2. The van der Waals surface area contributed by atoms with E-state index in [0.717, 1.165) is 11.1 Å². The van der Waals surface area contributed by atoms with Crippen LogP contribution in [-0.2, 0) is 0 Å². The lowest BCUT2D eigenvalue weighted by molar-refractivity contribution is 0.394. The third-order valence-corrected chi connectivity index (χ3v) is 3.92. The fourth-order valence-corrected chi connectivity index (χ4v) is 2.49. The average molecular weight is 377 g/mol. The number of hydrogen-bond donors (Lipinski definition) is 0. The molecule has 0 N–H and O–H groups in total. The van der Waals surface area contributed by atoms with Gasteiger partial charge in [-0.3, -0.25) is 0 Å². The number of nitrogens with zero attached hydrogens (tertiary/aromatic N) is 2. The molecule has 0 fully saturated rings. The van der Waals surface area contributed by atoms with E-state index in [9.17, 15) is 0 Å². The standard InChI is InChI=1S/C18H14Cl2N2O3/c1-23-14-7-11(8-15(10-14)24-2)9-16(20)18-21-17(22-25-18)12-3-5-13(19)6-4-12/h3-10H,1-2H3/b16-9-. The Morgan fingerprint density at radius 3 is 2.28 bits per heavy atom. The zero-order valence-electron chi connectivity index (χ0n) is 13.5. The van der Waals surface area contributed by atoms with Gasteiger partial charge in [0.25, 0.3) is 5.89 Å². The third-order valence-electron chi connectivity index (χ3n) is 3.40. The largest absolute Gasteiger partial charge is 0.497 e. The summed E-state index contributed by atoms with van der Waals surface area (Å²) in [4.78, 5) is 4.31. The third kappa shape index (κ3) is 4.13. The van der Waals surface area contributed by atoms with Gasteiger partial charge in [0.2, 0.25) is 5.82 Å². The predicted molar refractivity (Wildman–Crippen MR) is 98.0 cm³/mol. The van der Waals surface area contributed by atoms with E-state index in [1.54, 1.807) is 38.5 Å². The van der Waals surface area contributed by atoms with Gasteiger partial charge in [-0.25, -0.2) is 0 Å². The molecule has 128 valence electrons. The molecule has 0 spiro atoms. The van der Waals surface area contributed by atoms with E-state index in [-0.39, 0.29) is 5.89 Å². The Bertz CT molecular complexity index is 883. The van der Waals surface area contributed by atoms with E-state index in [1.165, 1.54) is 0 Å². The van der Waals surface area contributed by atoms with Crippen molar-refractivity contribution in [1.82, 2.24) is 10.1 Å². The van der Waals surface area contributed by atoms with Crippen molar-refractivity contribution in [3.8, 4) is 22.9 Å². The lowest BCUT2D eigenvalue weighted by Gasteiger charge is -2.05. The normalized spacial score (nSPS) is 11.4. The van der Waals surface area contributed by atoms with Crippen LogP contribution in [0.25, 0.3) is 22.5 Å². The van der Waals surface area contributed by atoms with Crippen molar-refractivity contribution >= 4 is 34.3 Å². The molecule has 3 rings (SSSR count). The maximum atomic E-state index is 6.32. The molecule has 0 aliphatic rings. The van der Waals surface area contributed by atoms with Gasteiger partial charge in [0, 0.05) is 16.7 Å². The molecule has 2 aromatic carbocycles. The van der Waals surface area contributed by atoms with Gasteiger partial charge in [-0.2, -0.15) is 4.98 Å². The smallest absolute Gasteiger partial charge is 0.269 e. The molecule has 0 radical (unpaired) electrons. The zero-order valence-corrected chi connectivity index (χ0v) is 15.0. The summed E-state index contributed by atoms with van der Waals surface area (Å²) >= 11 is 12.2. The molecule has 0 atom stereocenters. The van der Waals surface area contributed by atoms with Gasteiger partial charge < -0.3 is 14.0 Å². The highest BCUT2D eigenvalue weighted by atomic mass is 35.5. The SMILES string of the molecule is COc1cc(/C=C(\Cl)c2nc(-c3ccc(Cl)cc3)no2)cc(OC)c1. The topological polar surface area (TPSA) is 57.4 Å². The van der Waals surface area contributed by atoms with Gasteiger partial charge in [-0.15, -0.1) is 0 Å². The van der Waals surface area contributed by atoms with Crippen LogP contribution in [0.1, 0.15) is 11.5 Å². The molecule has 0 aliphatic carbocycles. The minimum Gasteiger partial charge on any atom is -0.497 e. The van der Waals surface area contributed by atoms with E-state index in [4.69, 9.17) is 37.2 Å². The molecule has 0 saturated heterocycles. The highest BCUT2D eigenvalue weighted by molar-refractivity contribution is 6.50. The summed E-state index contributed by atoms with van der Waals surface area (Å²) in [6, 6.07) is 12.5. The summed E-state index contributed by atoms with van der Waals surface area (Å²) in [5, 5.41) is 4.89. The molecule has 7 heteroatoms. The summed E-state index contributed by atoms with van der Waals surface area (Å²) in [5.74, 6) is 1.96. The van der Waals surface area contributed by atoms with Crippen LogP contribution in [0, 0.1) is 0 Å². The average Bonchev–Trinajstić information content (AvgIpc) is 3.12. The monoisotopic (exact) mass is 376 g/mol. The Balaban J connectivity index is 1.89. The number of halogens is 2. The number of rotatable bonds is 5. The first-order chi connectivity index (χ1) is 12.1. The van der Waals surface area contributed by atoms with Gasteiger partial charge in [0.15, 0.2) is 0 Å². The van der Waals surface area contributed by atoms with Gasteiger partial charge in [-0.05, 0) is 48.0 Å². The number of ether oxygens (including phenoxy) is 2. The Kier molecular flexibility index (Phi) is 5.26. The fraction of sp³-hybridized carbons (Fsp3) is 0.111. The van der Waals surface area contributed by atoms with Crippen molar-refractivity contribution in [2.24, 2.45) is 0 Å². The molecular formula is C18H14Cl2N2O3. The van der Waals surface area contributed by atoms with Gasteiger partial charge in [0.05, 0.1) is 14.2 Å². The Labute approximate surface area is 154 Å². The van der Waals surface area contributed by atoms with Gasteiger partial charge in [0.1, 0.15) is 16.5 Å². The van der Waals surface area contributed by atoms with Crippen molar-refractivity contribution in [1.29, 1.82) is 0 Å². The first kappa shape index (κ1) is 17.3. The van der Waals surface area contributed by atoms with Crippen molar-refractivity contribution in [2.75, 3.05) is 14.2 Å².